The quantitative estimate of drug-likeness (QED) is 0.782. The van der Waals surface area contributed by atoms with Crippen LogP contribution in [0.2, 0.25) is 0 Å². The zero-order valence-electron chi connectivity index (χ0n) is 16.6. The van der Waals surface area contributed by atoms with Crippen LogP contribution in [0, 0.1) is 0 Å². The standard InChI is InChI=1S/C21H24N4O4/c1-3-29-21(28)25-12-10-24(11-13-25)19-14-17(8-9-22-19)20(27)23-18-6-4-16(5-7-18)15(2)26/h4-9,14H,3,10-13H2,1-2H3,(H,23,27). The second-order valence-electron chi connectivity index (χ2n) is 6.66. The fourth-order valence-electron chi connectivity index (χ4n) is 3.06. The third-order valence-corrected chi connectivity index (χ3v) is 4.69. The molecule has 29 heavy (non-hydrogen) atoms. The molecule has 1 aliphatic heterocycles. The van der Waals surface area contributed by atoms with Gasteiger partial charge < -0.3 is 19.9 Å². The maximum atomic E-state index is 12.6. The lowest BCUT2D eigenvalue weighted by Crippen LogP contribution is -2.49. The first kappa shape index (κ1) is 20.3. The number of hydrogen-bond donors (Lipinski definition) is 1. The first-order valence-electron chi connectivity index (χ1n) is 9.53. The number of pyridine rings is 1. The average molecular weight is 396 g/mol. The molecule has 0 aliphatic carbocycles. The van der Waals surface area contributed by atoms with Crippen molar-refractivity contribution < 1.29 is 19.1 Å². The van der Waals surface area contributed by atoms with E-state index in [9.17, 15) is 14.4 Å². The summed E-state index contributed by atoms with van der Waals surface area (Å²) in [7, 11) is 0. The number of nitrogens with one attached hydrogen (secondary N) is 1. The van der Waals surface area contributed by atoms with Gasteiger partial charge in [-0.05, 0) is 50.2 Å². The molecule has 0 spiro atoms. The van der Waals surface area contributed by atoms with Crippen molar-refractivity contribution in [3.05, 3.63) is 53.7 Å². The van der Waals surface area contributed by atoms with E-state index in [1.807, 2.05) is 4.90 Å². The summed E-state index contributed by atoms with van der Waals surface area (Å²) in [6.45, 7) is 5.95. The van der Waals surface area contributed by atoms with Gasteiger partial charge in [0.2, 0.25) is 0 Å². The van der Waals surface area contributed by atoms with Crippen LogP contribution in [-0.2, 0) is 4.74 Å². The molecule has 2 amide bonds. The Morgan fingerprint density at radius 2 is 1.72 bits per heavy atom. The van der Waals surface area contributed by atoms with Gasteiger partial charge in [-0.1, -0.05) is 0 Å². The Bertz CT molecular complexity index is 890. The lowest BCUT2D eigenvalue weighted by atomic mass is 10.1. The molecule has 1 N–H and O–H groups in total. The van der Waals surface area contributed by atoms with Crippen molar-refractivity contribution in [3.8, 4) is 0 Å². The number of hydrogen-bond acceptors (Lipinski definition) is 6. The molecule has 1 aromatic carbocycles. The Morgan fingerprint density at radius 3 is 2.34 bits per heavy atom. The maximum absolute atomic E-state index is 12.6. The second kappa shape index (κ2) is 9.18. The van der Waals surface area contributed by atoms with Gasteiger partial charge in [0.05, 0.1) is 6.61 Å². The van der Waals surface area contributed by atoms with E-state index >= 15 is 0 Å². The number of aromatic nitrogens is 1. The maximum Gasteiger partial charge on any atom is 0.409 e. The summed E-state index contributed by atoms with van der Waals surface area (Å²) in [6.07, 6.45) is 1.30. The van der Waals surface area contributed by atoms with E-state index in [1.54, 1.807) is 54.4 Å². The third kappa shape index (κ3) is 5.10. The molecule has 2 heterocycles. The van der Waals surface area contributed by atoms with Gasteiger partial charge in [0, 0.05) is 49.2 Å². The number of carbonyl (C=O) groups is 3. The molecular formula is C21H24N4O4. The van der Waals surface area contributed by atoms with Gasteiger partial charge in [0.25, 0.3) is 5.91 Å². The Morgan fingerprint density at radius 1 is 1.03 bits per heavy atom. The monoisotopic (exact) mass is 396 g/mol. The highest BCUT2D eigenvalue weighted by Gasteiger charge is 2.23. The van der Waals surface area contributed by atoms with Crippen LogP contribution in [0.1, 0.15) is 34.6 Å². The summed E-state index contributed by atoms with van der Waals surface area (Å²) < 4.78 is 5.03. The van der Waals surface area contributed by atoms with Crippen LogP contribution in [0.4, 0.5) is 16.3 Å². The first-order chi connectivity index (χ1) is 14.0. The minimum atomic E-state index is -0.302. The minimum Gasteiger partial charge on any atom is -0.450 e. The fourth-order valence-corrected chi connectivity index (χ4v) is 3.06. The molecule has 3 rings (SSSR count). The number of piperazine rings is 1. The average Bonchev–Trinajstić information content (AvgIpc) is 2.74. The molecule has 152 valence electrons. The highest BCUT2D eigenvalue weighted by Crippen LogP contribution is 2.17. The number of amides is 2. The summed E-state index contributed by atoms with van der Waals surface area (Å²) in [5.41, 5.74) is 1.69. The predicted molar refractivity (Wildman–Crippen MR) is 109 cm³/mol. The largest absolute Gasteiger partial charge is 0.450 e. The van der Waals surface area contributed by atoms with E-state index in [0.29, 0.717) is 55.4 Å². The number of ketones is 1. The summed E-state index contributed by atoms with van der Waals surface area (Å²) in [6, 6.07) is 10.1. The molecule has 1 aliphatic rings. The molecule has 1 aromatic heterocycles. The molecule has 0 radical (unpaired) electrons. The Labute approximate surface area is 169 Å². The molecule has 0 atom stereocenters. The van der Waals surface area contributed by atoms with Crippen molar-refractivity contribution in [2.45, 2.75) is 13.8 Å². The number of benzene rings is 1. The van der Waals surface area contributed by atoms with E-state index in [0.717, 1.165) is 0 Å². The molecule has 0 bridgehead atoms. The zero-order chi connectivity index (χ0) is 20.8. The van der Waals surface area contributed by atoms with Crippen LogP contribution in [0.25, 0.3) is 0 Å². The highest BCUT2D eigenvalue weighted by molar-refractivity contribution is 6.05. The van der Waals surface area contributed by atoms with Crippen LogP contribution < -0.4 is 10.2 Å². The number of carbonyl (C=O) groups excluding carboxylic acids is 3. The summed E-state index contributed by atoms with van der Waals surface area (Å²) >= 11 is 0. The molecule has 8 nitrogen and oxygen atoms in total. The molecule has 2 aromatic rings. The molecule has 1 fully saturated rings. The topological polar surface area (TPSA) is 91.8 Å². The molecule has 1 saturated heterocycles. The van der Waals surface area contributed by atoms with Crippen molar-refractivity contribution in [1.29, 1.82) is 0 Å². The second-order valence-corrected chi connectivity index (χ2v) is 6.66. The number of nitrogens with zero attached hydrogens (tertiary/aromatic N) is 3. The Balaban J connectivity index is 1.62. The van der Waals surface area contributed by atoms with Crippen molar-refractivity contribution in [2.75, 3.05) is 43.0 Å². The van der Waals surface area contributed by atoms with E-state index in [1.165, 1.54) is 6.92 Å². The van der Waals surface area contributed by atoms with Gasteiger partial charge >= 0.3 is 6.09 Å². The first-order valence-corrected chi connectivity index (χ1v) is 9.53. The van der Waals surface area contributed by atoms with E-state index in [2.05, 4.69) is 10.3 Å². The van der Waals surface area contributed by atoms with Gasteiger partial charge in [-0.15, -0.1) is 0 Å². The van der Waals surface area contributed by atoms with Crippen molar-refractivity contribution in [1.82, 2.24) is 9.88 Å². The van der Waals surface area contributed by atoms with Crippen molar-refractivity contribution >= 4 is 29.3 Å². The number of Topliss-reactive ketones (excluding diaryl/α,β-unsaturated/α-hetero) is 1. The Hall–Kier alpha value is -3.42. The van der Waals surface area contributed by atoms with Crippen LogP contribution in [0.5, 0.6) is 0 Å². The summed E-state index contributed by atoms with van der Waals surface area (Å²) in [5.74, 6) is 0.409. The normalized spacial score (nSPS) is 13.7. The Kier molecular flexibility index (Phi) is 6.43. The summed E-state index contributed by atoms with van der Waals surface area (Å²) in [5, 5.41) is 2.82. The lowest BCUT2D eigenvalue weighted by molar-refractivity contribution is 0.101. The smallest absolute Gasteiger partial charge is 0.409 e. The van der Waals surface area contributed by atoms with E-state index < -0.39 is 0 Å². The molecule has 0 saturated carbocycles. The molecule has 8 heteroatoms. The fraction of sp³-hybridized carbons (Fsp3) is 0.333. The summed E-state index contributed by atoms with van der Waals surface area (Å²) in [4.78, 5) is 43.8. The number of rotatable bonds is 5. The predicted octanol–water partition coefficient (Wildman–Crippen LogP) is 2.82. The number of anilines is 2. The zero-order valence-corrected chi connectivity index (χ0v) is 16.6. The van der Waals surface area contributed by atoms with Crippen LogP contribution in [-0.4, -0.2) is 60.5 Å². The van der Waals surface area contributed by atoms with Gasteiger partial charge in [0.1, 0.15) is 5.82 Å². The van der Waals surface area contributed by atoms with Gasteiger partial charge in [-0.25, -0.2) is 9.78 Å². The van der Waals surface area contributed by atoms with Crippen molar-refractivity contribution in [3.63, 3.8) is 0 Å². The third-order valence-electron chi connectivity index (χ3n) is 4.69. The highest BCUT2D eigenvalue weighted by atomic mass is 16.6. The molecule has 0 unspecified atom stereocenters. The van der Waals surface area contributed by atoms with E-state index in [4.69, 9.17) is 4.74 Å². The van der Waals surface area contributed by atoms with Gasteiger partial charge in [-0.2, -0.15) is 0 Å². The SMILES string of the molecule is CCOC(=O)N1CCN(c2cc(C(=O)Nc3ccc(C(C)=O)cc3)ccn2)CC1. The number of ether oxygens (including phenoxy) is 1. The minimum absolute atomic E-state index is 0.0234. The van der Waals surface area contributed by atoms with Crippen molar-refractivity contribution in [2.24, 2.45) is 0 Å². The van der Waals surface area contributed by atoms with E-state index in [-0.39, 0.29) is 17.8 Å². The molecular weight excluding hydrogens is 372 g/mol. The van der Waals surface area contributed by atoms with Crippen LogP contribution in [0.15, 0.2) is 42.6 Å². The lowest BCUT2D eigenvalue weighted by Gasteiger charge is -2.34. The van der Waals surface area contributed by atoms with Gasteiger partial charge in [0.15, 0.2) is 5.78 Å². The van der Waals surface area contributed by atoms with Crippen LogP contribution in [0.3, 0.4) is 0 Å². The van der Waals surface area contributed by atoms with Gasteiger partial charge in [-0.3, -0.25) is 9.59 Å². The van der Waals surface area contributed by atoms with Crippen LogP contribution >= 0.6 is 0 Å².